The molecule has 6 heteroatoms. The summed E-state index contributed by atoms with van der Waals surface area (Å²) < 4.78 is 5.61. The van der Waals surface area contributed by atoms with Gasteiger partial charge in [-0.25, -0.2) is 0 Å². The second-order valence-corrected chi connectivity index (χ2v) is 5.25. The summed E-state index contributed by atoms with van der Waals surface area (Å²) in [6.45, 7) is 2.89. The highest BCUT2D eigenvalue weighted by Gasteiger charge is 1.96. The van der Waals surface area contributed by atoms with Crippen molar-refractivity contribution in [1.82, 2.24) is 10.4 Å². The molecule has 0 aliphatic heterocycles. The van der Waals surface area contributed by atoms with Gasteiger partial charge in [-0.05, 0) is 60.6 Å². The SMILES string of the molecule is CCCCOc1ccc(/C=N\NC(=S)Nc2cccnc2)cc1. The average Bonchev–Trinajstić information content (AvgIpc) is 2.57. The summed E-state index contributed by atoms with van der Waals surface area (Å²) >= 11 is 5.15. The van der Waals surface area contributed by atoms with Crippen molar-refractivity contribution in [2.45, 2.75) is 19.8 Å². The van der Waals surface area contributed by atoms with Gasteiger partial charge in [-0.1, -0.05) is 13.3 Å². The molecule has 5 nitrogen and oxygen atoms in total. The molecule has 0 aliphatic carbocycles. The third-order valence-electron chi connectivity index (χ3n) is 2.95. The summed E-state index contributed by atoms with van der Waals surface area (Å²) in [4.78, 5) is 4.00. The first kappa shape index (κ1) is 16.9. The van der Waals surface area contributed by atoms with Gasteiger partial charge in [0.05, 0.1) is 24.7 Å². The number of nitrogens with one attached hydrogen (secondary N) is 2. The molecule has 0 saturated heterocycles. The second-order valence-electron chi connectivity index (χ2n) is 4.84. The molecule has 1 aromatic heterocycles. The van der Waals surface area contributed by atoms with Gasteiger partial charge in [-0.3, -0.25) is 10.4 Å². The number of rotatable bonds is 7. The lowest BCUT2D eigenvalue weighted by Gasteiger charge is -2.06. The highest BCUT2D eigenvalue weighted by Crippen LogP contribution is 2.11. The fraction of sp³-hybridized carbons (Fsp3) is 0.235. The molecule has 0 amide bonds. The first-order valence-corrected chi connectivity index (χ1v) is 7.91. The van der Waals surface area contributed by atoms with Crippen LogP contribution in [0.3, 0.4) is 0 Å². The van der Waals surface area contributed by atoms with Crippen molar-refractivity contribution in [3.63, 3.8) is 0 Å². The van der Waals surface area contributed by atoms with Crippen molar-refractivity contribution >= 4 is 29.2 Å². The molecular formula is C17H20N4OS. The summed E-state index contributed by atoms with van der Waals surface area (Å²) in [6.07, 6.45) is 7.29. The van der Waals surface area contributed by atoms with Crippen LogP contribution in [-0.4, -0.2) is 22.9 Å². The van der Waals surface area contributed by atoms with Gasteiger partial charge in [0.15, 0.2) is 5.11 Å². The zero-order chi connectivity index (χ0) is 16.3. The summed E-state index contributed by atoms with van der Waals surface area (Å²) in [5.74, 6) is 0.873. The molecular weight excluding hydrogens is 308 g/mol. The predicted molar refractivity (Wildman–Crippen MR) is 98.0 cm³/mol. The maximum absolute atomic E-state index is 5.61. The first-order chi connectivity index (χ1) is 11.3. The molecule has 0 bridgehead atoms. The van der Waals surface area contributed by atoms with Gasteiger partial charge in [0, 0.05) is 6.20 Å². The van der Waals surface area contributed by atoms with Gasteiger partial charge in [-0.2, -0.15) is 5.10 Å². The Morgan fingerprint density at radius 1 is 1.30 bits per heavy atom. The number of pyridine rings is 1. The standard InChI is InChI=1S/C17H20N4OS/c1-2-3-11-22-16-8-6-14(7-9-16)12-19-21-17(23)20-15-5-4-10-18-13-15/h4-10,12-13H,2-3,11H2,1H3,(H2,20,21,23)/b19-12-. The average molecular weight is 328 g/mol. The molecule has 0 spiro atoms. The van der Waals surface area contributed by atoms with E-state index in [0.29, 0.717) is 5.11 Å². The predicted octanol–water partition coefficient (Wildman–Crippen LogP) is 3.58. The van der Waals surface area contributed by atoms with Gasteiger partial charge >= 0.3 is 0 Å². The van der Waals surface area contributed by atoms with E-state index in [1.807, 2.05) is 36.4 Å². The number of hydrogen-bond acceptors (Lipinski definition) is 4. The Kier molecular flexibility index (Phi) is 7.00. The third-order valence-corrected chi connectivity index (χ3v) is 3.14. The number of aromatic nitrogens is 1. The van der Waals surface area contributed by atoms with E-state index in [1.54, 1.807) is 18.6 Å². The van der Waals surface area contributed by atoms with Crippen LogP contribution in [0.5, 0.6) is 5.75 Å². The third kappa shape index (κ3) is 6.44. The summed E-state index contributed by atoms with van der Waals surface area (Å²) in [5, 5.41) is 7.50. The van der Waals surface area contributed by atoms with Gasteiger partial charge in [0.1, 0.15) is 5.75 Å². The molecule has 0 unspecified atom stereocenters. The Hall–Kier alpha value is -2.47. The highest BCUT2D eigenvalue weighted by atomic mass is 32.1. The molecule has 120 valence electrons. The molecule has 0 atom stereocenters. The monoisotopic (exact) mass is 328 g/mol. The zero-order valence-corrected chi connectivity index (χ0v) is 13.8. The van der Waals surface area contributed by atoms with Gasteiger partial charge < -0.3 is 10.1 Å². The molecule has 1 aromatic carbocycles. The van der Waals surface area contributed by atoms with Crippen LogP contribution < -0.4 is 15.5 Å². The second kappa shape index (κ2) is 9.53. The molecule has 2 aromatic rings. The number of nitrogens with zero attached hydrogens (tertiary/aromatic N) is 2. The van der Waals surface area contributed by atoms with Crippen molar-refractivity contribution in [2.24, 2.45) is 5.10 Å². The number of anilines is 1. The van der Waals surface area contributed by atoms with Crippen LogP contribution in [0.4, 0.5) is 5.69 Å². The lowest BCUT2D eigenvalue weighted by Crippen LogP contribution is -2.23. The van der Waals surface area contributed by atoms with E-state index < -0.39 is 0 Å². The van der Waals surface area contributed by atoms with Crippen molar-refractivity contribution in [3.8, 4) is 5.75 Å². The van der Waals surface area contributed by atoms with Crippen LogP contribution in [0, 0.1) is 0 Å². The van der Waals surface area contributed by atoms with Crippen LogP contribution in [0.2, 0.25) is 0 Å². The lowest BCUT2D eigenvalue weighted by atomic mass is 10.2. The summed E-state index contributed by atoms with van der Waals surface area (Å²) in [7, 11) is 0. The van der Waals surface area contributed by atoms with Gasteiger partial charge in [0.2, 0.25) is 0 Å². The molecule has 2 rings (SSSR count). The quantitative estimate of drug-likeness (QED) is 0.352. The van der Waals surface area contributed by atoms with Crippen molar-refractivity contribution < 1.29 is 4.74 Å². The Morgan fingerprint density at radius 3 is 2.83 bits per heavy atom. The molecule has 0 fully saturated rings. The zero-order valence-electron chi connectivity index (χ0n) is 13.0. The van der Waals surface area contributed by atoms with E-state index in [9.17, 15) is 0 Å². The van der Waals surface area contributed by atoms with E-state index >= 15 is 0 Å². The minimum atomic E-state index is 0.411. The van der Waals surface area contributed by atoms with E-state index in [1.165, 1.54) is 0 Å². The van der Waals surface area contributed by atoms with Crippen LogP contribution in [0.25, 0.3) is 0 Å². The Bertz CT molecular complexity index is 629. The number of ether oxygens (including phenoxy) is 1. The van der Waals surface area contributed by atoms with Crippen LogP contribution in [0.1, 0.15) is 25.3 Å². The summed E-state index contributed by atoms with van der Waals surface area (Å²) in [5.41, 5.74) is 4.54. The molecule has 0 aliphatic rings. The van der Waals surface area contributed by atoms with Gasteiger partial charge in [-0.15, -0.1) is 0 Å². The summed E-state index contributed by atoms with van der Waals surface area (Å²) in [6, 6.07) is 11.5. The van der Waals surface area contributed by atoms with E-state index in [0.717, 1.165) is 36.4 Å². The largest absolute Gasteiger partial charge is 0.494 e. The van der Waals surface area contributed by atoms with Crippen molar-refractivity contribution in [1.29, 1.82) is 0 Å². The molecule has 23 heavy (non-hydrogen) atoms. The van der Waals surface area contributed by atoms with E-state index in [4.69, 9.17) is 17.0 Å². The Balaban J connectivity index is 1.77. The minimum absolute atomic E-state index is 0.411. The van der Waals surface area contributed by atoms with E-state index in [-0.39, 0.29) is 0 Å². The molecule has 1 heterocycles. The topological polar surface area (TPSA) is 58.5 Å². The first-order valence-electron chi connectivity index (χ1n) is 7.51. The smallest absolute Gasteiger partial charge is 0.191 e. The van der Waals surface area contributed by atoms with Crippen molar-refractivity contribution in [2.75, 3.05) is 11.9 Å². The lowest BCUT2D eigenvalue weighted by molar-refractivity contribution is 0.309. The number of hydrazone groups is 1. The van der Waals surface area contributed by atoms with Crippen LogP contribution in [0.15, 0.2) is 53.9 Å². The number of unbranched alkanes of at least 4 members (excludes halogenated alkanes) is 1. The molecule has 0 radical (unpaired) electrons. The van der Waals surface area contributed by atoms with Crippen LogP contribution >= 0.6 is 12.2 Å². The van der Waals surface area contributed by atoms with Crippen molar-refractivity contribution in [3.05, 3.63) is 54.4 Å². The number of thiocarbonyl (C=S) groups is 1. The minimum Gasteiger partial charge on any atom is -0.494 e. The highest BCUT2D eigenvalue weighted by molar-refractivity contribution is 7.80. The van der Waals surface area contributed by atoms with Gasteiger partial charge in [0.25, 0.3) is 0 Å². The van der Waals surface area contributed by atoms with E-state index in [2.05, 4.69) is 27.8 Å². The Morgan fingerprint density at radius 2 is 2.13 bits per heavy atom. The fourth-order valence-electron chi connectivity index (χ4n) is 1.75. The molecule has 0 saturated carbocycles. The van der Waals surface area contributed by atoms with Crippen LogP contribution in [-0.2, 0) is 0 Å². The maximum atomic E-state index is 5.61. The number of benzene rings is 1. The maximum Gasteiger partial charge on any atom is 0.191 e. The number of hydrogen-bond donors (Lipinski definition) is 2. The molecule has 2 N–H and O–H groups in total. The fourth-order valence-corrected chi connectivity index (χ4v) is 1.92. The Labute approximate surface area is 141 Å². The normalized spacial score (nSPS) is 10.5.